The van der Waals surface area contributed by atoms with Crippen molar-refractivity contribution in [3.05, 3.63) is 53.0 Å². The van der Waals surface area contributed by atoms with Crippen LogP contribution in [0, 0.1) is 13.8 Å². The molecule has 25 heavy (non-hydrogen) atoms. The third kappa shape index (κ3) is 3.37. The fourth-order valence-corrected chi connectivity index (χ4v) is 2.20. The third-order valence-corrected chi connectivity index (χ3v) is 3.40. The van der Waals surface area contributed by atoms with Crippen molar-refractivity contribution >= 4 is 11.7 Å². The van der Waals surface area contributed by atoms with Gasteiger partial charge in [0, 0.05) is 6.07 Å². The van der Waals surface area contributed by atoms with Gasteiger partial charge in [0.15, 0.2) is 11.5 Å². The molecule has 130 valence electrons. The Hall–Kier alpha value is -3.17. The lowest BCUT2D eigenvalue weighted by Gasteiger charge is -2.09. The molecular weight excluding hydrogens is 339 g/mol. The van der Waals surface area contributed by atoms with Crippen LogP contribution in [0.2, 0.25) is 0 Å². The Kier molecular flexibility index (Phi) is 4.03. The van der Waals surface area contributed by atoms with Crippen molar-refractivity contribution < 1.29 is 22.5 Å². The number of nitrogens with one attached hydrogen (secondary N) is 1. The van der Waals surface area contributed by atoms with E-state index in [1.807, 2.05) is 0 Å². The first kappa shape index (κ1) is 16.7. The Morgan fingerprint density at radius 2 is 2.00 bits per heavy atom. The van der Waals surface area contributed by atoms with Crippen molar-refractivity contribution in [2.45, 2.75) is 20.0 Å². The molecule has 0 aliphatic rings. The fourth-order valence-electron chi connectivity index (χ4n) is 2.20. The zero-order valence-corrected chi connectivity index (χ0v) is 13.1. The summed E-state index contributed by atoms with van der Waals surface area (Å²) in [5, 5.41) is 13.6. The number of halogens is 3. The van der Waals surface area contributed by atoms with Gasteiger partial charge < -0.3 is 9.84 Å². The summed E-state index contributed by atoms with van der Waals surface area (Å²) in [6, 6.07) is 6.11. The van der Waals surface area contributed by atoms with Crippen LogP contribution in [0.3, 0.4) is 0 Å². The van der Waals surface area contributed by atoms with Gasteiger partial charge in [0.2, 0.25) is 0 Å². The molecule has 2 heterocycles. The maximum Gasteiger partial charge on any atom is 0.416 e. The molecule has 0 aliphatic carbocycles. The van der Waals surface area contributed by atoms with Gasteiger partial charge in [-0.2, -0.15) is 13.2 Å². The average Bonchev–Trinajstić information content (AvgIpc) is 3.12. The van der Waals surface area contributed by atoms with Crippen molar-refractivity contribution in [1.29, 1.82) is 0 Å². The molecule has 0 fully saturated rings. The molecule has 1 aromatic carbocycles. The monoisotopic (exact) mass is 351 g/mol. The molecule has 1 N–H and O–H groups in total. The average molecular weight is 351 g/mol. The van der Waals surface area contributed by atoms with Crippen LogP contribution in [0.25, 0.3) is 5.69 Å². The molecule has 0 radical (unpaired) electrons. The number of alkyl halides is 3. The highest BCUT2D eigenvalue weighted by Gasteiger charge is 2.31. The van der Waals surface area contributed by atoms with Crippen LogP contribution in [0.5, 0.6) is 0 Å². The van der Waals surface area contributed by atoms with Crippen LogP contribution < -0.4 is 5.32 Å². The molecule has 7 nitrogen and oxygen atoms in total. The second-order valence-electron chi connectivity index (χ2n) is 5.26. The van der Waals surface area contributed by atoms with E-state index < -0.39 is 17.6 Å². The minimum absolute atomic E-state index is 0.0296. The maximum atomic E-state index is 12.8. The number of hydrogen-bond acceptors (Lipinski definition) is 5. The van der Waals surface area contributed by atoms with Gasteiger partial charge in [0.25, 0.3) is 5.91 Å². The van der Waals surface area contributed by atoms with Gasteiger partial charge in [-0.05, 0) is 32.0 Å². The predicted molar refractivity (Wildman–Crippen MR) is 80.3 cm³/mol. The smallest absolute Gasteiger partial charge is 0.360 e. The summed E-state index contributed by atoms with van der Waals surface area (Å²) >= 11 is 0. The van der Waals surface area contributed by atoms with E-state index in [4.69, 9.17) is 4.52 Å². The number of benzene rings is 1. The molecule has 3 aromatic rings. The lowest BCUT2D eigenvalue weighted by Crippen LogP contribution is -2.14. The predicted octanol–water partition coefficient (Wildman–Crippen LogP) is 3.14. The molecule has 0 saturated carbocycles. The largest absolute Gasteiger partial charge is 0.416 e. The van der Waals surface area contributed by atoms with E-state index >= 15 is 0 Å². The Bertz CT molecular complexity index is 929. The Labute approximate surface area is 139 Å². The summed E-state index contributed by atoms with van der Waals surface area (Å²) in [5.74, 6) is 0.124. The molecule has 0 unspecified atom stereocenters. The van der Waals surface area contributed by atoms with Crippen LogP contribution in [0.15, 0.2) is 34.9 Å². The normalized spacial score (nSPS) is 11.6. The van der Waals surface area contributed by atoms with Crippen LogP contribution in [0.4, 0.5) is 19.0 Å². The van der Waals surface area contributed by atoms with Gasteiger partial charge in [-0.1, -0.05) is 16.4 Å². The Morgan fingerprint density at radius 3 is 2.64 bits per heavy atom. The minimum atomic E-state index is -4.48. The molecule has 0 saturated heterocycles. The number of carbonyl (C=O) groups excluding carboxylic acids is 1. The second kappa shape index (κ2) is 6.04. The van der Waals surface area contributed by atoms with Crippen LogP contribution >= 0.6 is 0 Å². The zero-order chi connectivity index (χ0) is 18.2. The molecule has 3 rings (SSSR count). The van der Waals surface area contributed by atoms with Gasteiger partial charge in [0.1, 0.15) is 5.76 Å². The number of aryl methyl sites for hydroxylation is 1. The van der Waals surface area contributed by atoms with Crippen molar-refractivity contribution in [2.75, 3.05) is 5.32 Å². The highest BCUT2D eigenvalue weighted by molar-refractivity contribution is 6.03. The molecule has 0 bridgehead atoms. The van der Waals surface area contributed by atoms with Crippen molar-refractivity contribution in [2.24, 2.45) is 0 Å². The van der Waals surface area contributed by atoms with Gasteiger partial charge in [-0.3, -0.25) is 4.79 Å². The number of anilines is 1. The standard InChI is InChI=1S/C15H12F3N5O2/c1-8-6-12(21-25-8)19-14(24)13-9(2)23(22-20-13)11-5-3-4-10(7-11)15(16,17)18/h3-7H,1-2H3,(H,19,21,24). The summed E-state index contributed by atoms with van der Waals surface area (Å²) < 4.78 is 44.5. The molecule has 0 aliphatic heterocycles. The van der Waals surface area contributed by atoms with E-state index in [1.54, 1.807) is 6.92 Å². The Morgan fingerprint density at radius 1 is 1.24 bits per heavy atom. The fraction of sp³-hybridized carbons (Fsp3) is 0.200. The summed E-state index contributed by atoms with van der Waals surface area (Å²) in [7, 11) is 0. The van der Waals surface area contributed by atoms with Crippen molar-refractivity contribution in [3.8, 4) is 5.69 Å². The van der Waals surface area contributed by atoms with Crippen molar-refractivity contribution in [3.63, 3.8) is 0 Å². The van der Waals surface area contributed by atoms with Gasteiger partial charge in [-0.25, -0.2) is 4.68 Å². The number of aromatic nitrogens is 4. The zero-order valence-electron chi connectivity index (χ0n) is 13.1. The van der Waals surface area contributed by atoms with Gasteiger partial charge in [0.05, 0.1) is 16.9 Å². The topological polar surface area (TPSA) is 85.8 Å². The van der Waals surface area contributed by atoms with E-state index in [-0.39, 0.29) is 22.9 Å². The molecule has 10 heteroatoms. The second-order valence-corrected chi connectivity index (χ2v) is 5.26. The molecular formula is C15H12F3N5O2. The summed E-state index contributed by atoms with van der Waals surface area (Å²) in [5.41, 5.74) is -0.407. The lowest BCUT2D eigenvalue weighted by atomic mass is 10.2. The van der Waals surface area contributed by atoms with Gasteiger partial charge in [-0.15, -0.1) is 5.10 Å². The lowest BCUT2D eigenvalue weighted by molar-refractivity contribution is -0.137. The third-order valence-electron chi connectivity index (χ3n) is 3.40. The minimum Gasteiger partial charge on any atom is -0.360 e. The highest BCUT2D eigenvalue weighted by atomic mass is 19.4. The quantitative estimate of drug-likeness (QED) is 0.783. The first-order valence-corrected chi connectivity index (χ1v) is 7.10. The molecule has 2 aromatic heterocycles. The summed E-state index contributed by atoms with van der Waals surface area (Å²) in [6.45, 7) is 3.20. The highest BCUT2D eigenvalue weighted by Crippen LogP contribution is 2.30. The van der Waals surface area contributed by atoms with Crippen LogP contribution in [-0.2, 0) is 6.18 Å². The molecule has 0 spiro atoms. The van der Waals surface area contributed by atoms with E-state index in [0.717, 1.165) is 16.8 Å². The van der Waals surface area contributed by atoms with E-state index in [0.29, 0.717) is 5.76 Å². The van der Waals surface area contributed by atoms with Crippen molar-refractivity contribution in [1.82, 2.24) is 20.2 Å². The van der Waals surface area contributed by atoms with Gasteiger partial charge >= 0.3 is 6.18 Å². The number of nitrogens with zero attached hydrogens (tertiary/aromatic N) is 4. The Balaban J connectivity index is 1.90. The molecule has 1 amide bonds. The van der Waals surface area contributed by atoms with Crippen LogP contribution in [-0.4, -0.2) is 26.1 Å². The van der Waals surface area contributed by atoms with Crippen LogP contribution in [0.1, 0.15) is 27.5 Å². The number of rotatable bonds is 3. The SMILES string of the molecule is Cc1cc(NC(=O)c2nnn(-c3cccc(C(F)(F)F)c3)c2C)no1. The summed E-state index contributed by atoms with van der Waals surface area (Å²) in [6.07, 6.45) is -4.48. The number of hydrogen-bond donors (Lipinski definition) is 1. The number of carbonyl (C=O) groups is 1. The first-order valence-electron chi connectivity index (χ1n) is 7.10. The maximum absolute atomic E-state index is 12.8. The first-order chi connectivity index (χ1) is 11.8. The van der Waals surface area contributed by atoms with E-state index in [2.05, 4.69) is 20.8 Å². The molecule has 0 atom stereocenters. The van der Waals surface area contributed by atoms with E-state index in [1.165, 1.54) is 25.1 Å². The number of amides is 1. The van der Waals surface area contributed by atoms with E-state index in [9.17, 15) is 18.0 Å². The summed E-state index contributed by atoms with van der Waals surface area (Å²) in [4.78, 5) is 12.2.